The number of hydrogen-bond acceptors (Lipinski definition) is 4. The van der Waals surface area contributed by atoms with E-state index in [9.17, 15) is 4.79 Å². The maximum atomic E-state index is 11.6. The molecule has 1 aliphatic carbocycles. The van der Waals surface area contributed by atoms with Crippen molar-refractivity contribution in [3.05, 3.63) is 15.6 Å². The first kappa shape index (κ1) is 17.7. The second-order valence-corrected chi connectivity index (χ2v) is 7.10. The van der Waals surface area contributed by atoms with Gasteiger partial charge in [0.2, 0.25) is 5.91 Å². The van der Waals surface area contributed by atoms with Crippen LogP contribution in [0.2, 0.25) is 0 Å². The molecule has 1 heterocycles. The van der Waals surface area contributed by atoms with Crippen molar-refractivity contribution < 1.29 is 4.79 Å². The molecule has 2 rings (SSSR count). The number of hydrogen-bond donors (Lipinski definition) is 3. The number of thiazole rings is 1. The third kappa shape index (κ3) is 6.56. The highest BCUT2D eigenvalue weighted by molar-refractivity contribution is 7.11. The molecule has 0 aliphatic heterocycles. The fourth-order valence-corrected chi connectivity index (χ4v) is 2.94. The molecule has 0 atom stereocenters. The molecule has 3 N–H and O–H groups in total. The van der Waals surface area contributed by atoms with Crippen molar-refractivity contribution in [2.75, 3.05) is 13.1 Å². The van der Waals surface area contributed by atoms with E-state index in [0.717, 1.165) is 49.0 Å². The van der Waals surface area contributed by atoms with E-state index in [2.05, 4.69) is 32.9 Å². The molecule has 1 amide bonds. The maximum absolute atomic E-state index is 11.6. The van der Waals surface area contributed by atoms with Gasteiger partial charge in [0.15, 0.2) is 5.96 Å². The van der Waals surface area contributed by atoms with Crippen molar-refractivity contribution in [1.29, 1.82) is 0 Å². The Labute approximate surface area is 142 Å². The molecule has 0 bridgehead atoms. The maximum Gasteiger partial charge on any atom is 0.220 e. The molecule has 1 aromatic heterocycles. The number of carbonyl (C=O) groups is 1. The largest absolute Gasteiger partial charge is 0.357 e. The second-order valence-electron chi connectivity index (χ2n) is 5.82. The molecular formula is C16H27N5OS. The number of guanidine groups is 1. The number of nitrogens with one attached hydrogen (secondary N) is 3. The standard InChI is InChI=1S/C16H27N5OS/c1-4-17-16(19-10-15-20-11(2)12(3)23-15)18-9-5-6-14(22)21-13-7-8-13/h13H,4-10H2,1-3H3,(H,21,22)(H2,17,18,19). The summed E-state index contributed by atoms with van der Waals surface area (Å²) in [6.07, 6.45) is 3.64. The van der Waals surface area contributed by atoms with Crippen LogP contribution in [-0.4, -0.2) is 36.0 Å². The average Bonchev–Trinajstić information content (AvgIpc) is 3.26. The minimum atomic E-state index is 0.157. The van der Waals surface area contributed by atoms with Crippen LogP contribution in [0, 0.1) is 13.8 Å². The topological polar surface area (TPSA) is 78.4 Å². The van der Waals surface area contributed by atoms with E-state index in [0.29, 0.717) is 19.0 Å². The highest BCUT2D eigenvalue weighted by atomic mass is 32.1. The second kappa shape index (κ2) is 8.86. The normalized spacial score (nSPS) is 14.7. The molecule has 128 valence electrons. The molecular weight excluding hydrogens is 310 g/mol. The van der Waals surface area contributed by atoms with Crippen LogP contribution in [0.3, 0.4) is 0 Å². The van der Waals surface area contributed by atoms with Crippen molar-refractivity contribution >= 4 is 23.2 Å². The number of amides is 1. The smallest absolute Gasteiger partial charge is 0.220 e. The van der Waals surface area contributed by atoms with Gasteiger partial charge in [-0.3, -0.25) is 4.79 Å². The van der Waals surface area contributed by atoms with Crippen LogP contribution in [0.15, 0.2) is 4.99 Å². The summed E-state index contributed by atoms with van der Waals surface area (Å²) < 4.78 is 0. The lowest BCUT2D eigenvalue weighted by molar-refractivity contribution is -0.121. The quantitative estimate of drug-likeness (QED) is 0.384. The minimum absolute atomic E-state index is 0.157. The van der Waals surface area contributed by atoms with Gasteiger partial charge >= 0.3 is 0 Å². The Morgan fingerprint density at radius 2 is 2.13 bits per heavy atom. The van der Waals surface area contributed by atoms with E-state index < -0.39 is 0 Å². The van der Waals surface area contributed by atoms with E-state index >= 15 is 0 Å². The van der Waals surface area contributed by atoms with Gasteiger partial charge in [-0.2, -0.15) is 0 Å². The molecule has 0 aromatic carbocycles. The fraction of sp³-hybridized carbons (Fsp3) is 0.688. The number of aryl methyl sites for hydroxylation is 2. The van der Waals surface area contributed by atoms with Crippen LogP contribution in [0.1, 0.15) is 48.2 Å². The molecule has 6 nitrogen and oxygen atoms in total. The van der Waals surface area contributed by atoms with Gasteiger partial charge in [-0.1, -0.05) is 0 Å². The highest BCUT2D eigenvalue weighted by Gasteiger charge is 2.22. The van der Waals surface area contributed by atoms with Crippen LogP contribution < -0.4 is 16.0 Å². The Kier molecular flexibility index (Phi) is 6.83. The molecule has 7 heteroatoms. The Morgan fingerprint density at radius 3 is 2.74 bits per heavy atom. The number of carbonyl (C=O) groups excluding carboxylic acids is 1. The van der Waals surface area contributed by atoms with Crippen molar-refractivity contribution in [1.82, 2.24) is 20.9 Å². The number of aromatic nitrogens is 1. The zero-order chi connectivity index (χ0) is 16.7. The van der Waals surface area contributed by atoms with Crippen molar-refractivity contribution in [2.45, 2.75) is 59.0 Å². The molecule has 1 aromatic rings. The van der Waals surface area contributed by atoms with Crippen LogP contribution in [-0.2, 0) is 11.3 Å². The first-order valence-electron chi connectivity index (χ1n) is 8.33. The van der Waals surface area contributed by atoms with Gasteiger partial charge in [-0.15, -0.1) is 11.3 Å². The molecule has 1 fully saturated rings. The van der Waals surface area contributed by atoms with Gasteiger partial charge in [-0.05, 0) is 40.0 Å². The summed E-state index contributed by atoms with van der Waals surface area (Å²) in [5, 5.41) is 10.5. The third-order valence-electron chi connectivity index (χ3n) is 3.60. The molecule has 0 unspecified atom stereocenters. The number of nitrogens with zero attached hydrogens (tertiary/aromatic N) is 2. The Morgan fingerprint density at radius 1 is 1.35 bits per heavy atom. The summed E-state index contributed by atoms with van der Waals surface area (Å²) in [6, 6.07) is 0.444. The lowest BCUT2D eigenvalue weighted by atomic mass is 10.3. The molecule has 1 aliphatic rings. The lowest BCUT2D eigenvalue weighted by Crippen LogP contribution is -2.38. The Bertz CT molecular complexity index is 531. The molecule has 0 radical (unpaired) electrons. The van der Waals surface area contributed by atoms with Crippen LogP contribution in [0.25, 0.3) is 0 Å². The number of aliphatic imine (C=N–C) groups is 1. The van der Waals surface area contributed by atoms with E-state index in [1.807, 2.05) is 13.8 Å². The predicted octanol–water partition coefficient (Wildman–Crippen LogP) is 1.87. The van der Waals surface area contributed by atoms with Gasteiger partial charge in [0.25, 0.3) is 0 Å². The summed E-state index contributed by atoms with van der Waals surface area (Å²) in [5.74, 6) is 0.936. The summed E-state index contributed by atoms with van der Waals surface area (Å²) in [7, 11) is 0. The molecule has 23 heavy (non-hydrogen) atoms. The Balaban J connectivity index is 1.71. The van der Waals surface area contributed by atoms with Gasteiger partial charge in [0.1, 0.15) is 5.01 Å². The number of rotatable bonds is 8. The van der Waals surface area contributed by atoms with Gasteiger partial charge in [0, 0.05) is 30.4 Å². The minimum Gasteiger partial charge on any atom is -0.357 e. The monoisotopic (exact) mass is 337 g/mol. The van der Waals surface area contributed by atoms with Crippen LogP contribution in [0.4, 0.5) is 0 Å². The van der Waals surface area contributed by atoms with E-state index in [-0.39, 0.29) is 5.91 Å². The molecule has 0 spiro atoms. The van der Waals surface area contributed by atoms with Gasteiger partial charge < -0.3 is 16.0 Å². The van der Waals surface area contributed by atoms with E-state index in [4.69, 9.17) is 0 Å². The van der Waals surface area contributed by atoms with Gasteiger partial charge in [-0.25, -0.2) is 9.98 Å². The summed E-state index contributed by atoms with van der Waals surface area (Å²) in [5.41, 5.74) is 1.08. The molecule has 1 saturated carbocycles. The van der Waals surface area contributed by atoms with Crippen molar-refractivity contribution in [2.24, 2.45) is 4.99 Å². The lowest BCUT2D eigenvalue weighted by Gasteiger charge is -2.10. The van der Waals surface area contributed by atoms with Crippen molar-refractivity contribution in [3.8, 4) is 0 Å². The van der Waals surface area contributed by atoms with Gasteiger partial charge in [0.05, 0.1) is 12.2 Å². The first-order chi connectivity index (χ1) is 11.1. The van der Waals surface area contributed by atoms with Crippen molar-refractivity contribution in [3.63, 3.8) is 0 Å². The zero-order valence-electron chi connectivity index (χ0n) is 14.2. The highest BCUT2D eigenvalue weighted by Crippen LogP contribution is 2.18. The van der Waals surface area contributed by atoms with Crippen LogP contribution >= 0.6 is 11.3 Å². The predicted molar refractivity (Wildman–Crippen MR) is 94.8 cm³/mol. The van der Waals surface area contributed by atoms with E-state index in [1.165, 1.54) is 4.88 Å². The third-order valence-corrected chi connectivity index (χ3v) is 4.66. The summed E-state index contributed by atoms with van der Waals surface area (Å²) in [4.78, 5) is 21.9. The SMILES string of the molecule is CCNC(=NCc1nc(C)c(C)s1)NCCCC(=O)NC1CC1. The molecule has 0 saturated heterocycles. The average molecular weight is 337 g/mol. The summed E-state index contributed by atoms with van der Waals surface area (Å²) in [6.45, 7) is 8.27. The van der Waals surface area contributed by atoms with Crippen LogP contribution in [0.5, 0.6) is 0 Å². The fourth-order valence-electron chi connectivity index (χ4n) is 2.08. The summed E-state index contributed by atoms with van der Waals surface area (Å²) >= 11 is 1.69. The van der Waals surface area contributed by atoms with E-state index in [1.54, 1.807) is 11.3 Å². The Hall–Kier alpha value is -1.63. The zero-order valence-corrected chi connectivity index (χ0v) is 15.1. The first-order valence-corrected chi connectivity index (χ1v) is 9.14.